The number of carbonyl (C=O) groups excluding carboxylic acids is 2. The zero-order chi connectivity index (χ0) is 24.1. The van der Waals surface area contributed by atoms with Gasteiger partial charge in [-0.3, -0.25) is 14.2 Å². The van der Waals surface area contributed by atoms with Crippen LogP contribution in [0.1, 0.15) is 17.8 Å². The Hall–Kier alpha value is -4.04. The number of rotatable bonds is 7. The van der Waals surface area contributed by atoms with Crippen LogP contribution in [-0.4, -0.2) is 53.6 Å². The average Bonchev–Trinajstić information content (AvgIpc) is 3.21. The number of esters is 1. The Kier molecular flexibility index (Phi) is 6.98. The molecule has 0 spiro atoms. The molecule has 34 heavy (non-hydrogen) atoms. The van der Waals surface area contributed by atoms with Gasteiger partial charge in [0.05, 0.1) is 10.9 Å². The molecule has 1 amide bonds. The second-order valence-electron chi connectivity index (χ2n) is 8.25. The van der Waals surface area contributed by atoms with Crippen LogP contribution in [-0.2, 0) is 20.9 Å². The van der Waals surface area contributed by atoms with Crippen LogP contribution in [0.4, 0.5) is 5.69 Å². The highest BCUT2D eigenvalue weighted by Gasteiger charge is 2.21. The number of ether oxygens (including phenoxy) is 1. The molecule has 0 saturated carbocycles. The summed E-state index contributed by atoms with van der Waals surface area (Å²) in [6.45, 7) is 1.43. The van der Waals surface area contributed by atoms with Gasteiger partial charge in [-0.15, -0.1) is 0 Å². The third-order valence-corrected chi connectivity index (χ3v) is 5.41. The van der Waals surface area contributed by atoms with Crippen molar-refractivity contribution in [3.8, 4) is 0 Å². The molecule has 8 heteroatoms. The Balaban J connectivity index is 1.52. The van der Waals surface area contributed by atoms with Gasteiger partial charge in [-0.2, -0.15) is 0 Å². The predicted molar refractivity (Wildman–Crippen MR) is 132 cm³/mol. The molecule has 1 aliphatic rings. The van der Waals surface area contributed by atoms with Crippen LogP contribution in [0.25, 0.3) is 22.6 Å². The minimum absolute atomic E-state index is 0.102. The molecule has 0 atom stereocenters. The molecule has 2 heterocycles. The fourth-order valence-electron chi connectivity index (χ4n) is 3.69. The Labute approximate surface area is 197 Å². The predicted octanol–water partition coefficient (Wildman–Crippen LogP) is 2.94. The highest BCUT2D eigenvalue weighted by molar-refractivity contribution is 6.03. The number of hydrogen-bond acceptors (Lipinski definition) is 6. The first kappa shape index (κ1) is 23.1. The van der Waals surface area contributed by atoms with Gasteiger partial charge in [0.25, 0.3) is 5.56 Å². The van der Waals surface area contributed by atoms with Crippen molar-refractivity contribution in [2.24, 2.45) is 0 Å². The van der Waals surface area contributed by atoms with Gasteiger partial charge >= 0.3 is 5.97 Å². The van der Waals surface area contributed by atoms with Crippen molar-refractivity contribution >= 4 is 40.1 Å². The van der Waals surface area contributed by atoms with Crippen molar-refractivity contribution in [1.82, 2.24) is 14.5 Å². The van der Waals surface area contributed by atoms with Crippen molar-refractivity contribution in [1.29, 1.82) is 0 Å². The van der Waals surface area contributed by atoms with Crippen LogP contribution in [0.3, 0.4) is 0 Å². The van der Waals surface area contributed by atoms with E-state index in [2.05, 4.69) is 5.32 Å². The quantitative estimate of drug-likeness (QED) is 0.432. The minimum Gasteiger partial charge on any atom is -0.461 e. The van der Waals surface area contributed by atoms with E-state index in [9.17, 15) is 14.4 Å². The number of benzene rings is 2. The third-order valence-electron chi connectivity index (χ3n) is 5.41. The van der Waals surface area contributed by atoms with Crippen LogP contribution in [0.15, 0.2) is 65.5 Å². The molecule has 4 rings (SSSR count). The summed E-state index contributed by atoms with van der Waals surface area (Å²) in [5, 5.41) is 3.19. The Bertz CT molecular complexity index is 1340. The fraction of sp³-hybridized carbons (Fsp3) is 0.231. The number of likely N-dealkylation sites (N-methyl/N-ethyl adjacent to an activating group) is 1. The highest BCUT2D eigenvalue weighted by Crippen LogP contribution is 2.28. The fourth-order valence-corrected chi connectivity index (χ4v) is 3.69. The van der Waals surface area contributed by atoms with Crippen molar-refractivity contribution < 1.29 is 14.3 Å². The molecule has 0 radical (unpaired) electrons. The van der Waals surface area contributed by atoms with E-state index in [1.54, 1.807) is 22.8 Å². The van der Waals surface area contributed by atoms with Gasteiger partial charge < -0.3 is 15.0 Å². The molecule has 174 valence electrons. The Morgan fingerprint density at radius 3 is 2.71 bits per heavy atom. The highest BCUT2D eigenvalue weighted by atomic mass is 16.5. The maximum Gasteiger partial charge on any atom is 0.330 e. The first-order chi connectivity index (χ1) is 16.4. The molecular formula is C26H26N4O4. The summed E-state index contributed by atoms with van der Waals surface area (Å²) >= 11 is 0. The van der Waals surface area contributed by atoms with E-state index < -0.39 is 11.9 Å². The molecule has 1 N–H and O–H groups in total. The van der Waals surface area contributed by atoms with Gasteiger partial charge in [-0.1, -0.05) is 30.3 Å². The number of allylic oxidation sites excluding steroid dienone is 1. The molecular weight excluding hydrogens is 432 g/mol. The monoisotopic (exact) mass is 458 g/mol. The molecule has 2 aromatic carbocycles. The number of amides is 1. The van der Waals surface area contributed by atoms with E-state index in [4.69, 9.17) is 9.72 Å². The van der Waals surface area contributed by atoms with Gasteiger partial charge in [0.2, 0.25) is 5.91 Å². The lowest BCUT2D eigenvalue weighted by Gasteiger charge is -2.08. The SMILES string of the molecule is CN(C)CCOC(=O)C=CC(=O)Nc1ccc2c(=O)n3c(nc2c1)C(=Cc1ccccc1)CC3. The van der Waals surface area contributed by atoms with Crippen molar-refractivity contribution in [2.75, 3.05) is 32.6 Å². The molecule has 0 unspecified atom stereocenters. The molecule has 8 nitrogen and oxygen atoms in total. The molecule has 1 aromatic heterocycles. The lowest BCUT2D eigenvalue weighted by Crippen LogP contribution is -2.21. The first-order valence-electron chi connectivity index (χ1n) is 11.0. The van der Waals surface area contributed by atoms with E-state index >= 15 is 0 Å². The minimum atomic E-state index is -0.585. The maximum atomic E-state index is 13.0. The number of anilines is 1. The van der Waals surface area contributed by atoms with E-state index in [1.165, 1.54) is 0 Å². The van der Waals surface area contributed by atoms with Crippen molar-refractivity contribution in [2.45, 2.75) is 13.0 Å². The summed E-state index contributed by atoms with van der Waals surface area (Å²) in [7, 11) is 3.75. The summed E-state index contributed by atoms with van der Waals surface area (Å²) in [6.07, 6.45) is 4.98. The average molecular weight is 459 g/mol. The lowest BCUT2D eigenvalue weighted by molar-refractivity contribution is -0.138. The number of fused-ring (bicyclic) bond motifs is 2. The number of hydrogen-bond donors (Lipinski definition) is 1. The topological polar surface area (TPSA) is 93.5 Å². The molecule has 0 bridgehead atoms. The first-order valence-corrected chi connectivity index (χ1v) is 11.0. The van der Waals surface area contributed by atoms with E-state index in [-0.39, 0.29) is 12.2 Å². The molecule has 3 aromatic rings. The van der Waals surface area contributed by atoms with E-state index in [0.29, 0.717) is 35.5 Å². The number of nitrogens with zero attached hydrogens (tertiary/aromatic N) is 3. The third kappa shape index (κ3) is 5.47. The van der Waals surface area contributed by atoms with Crippen LogP contribution < -0.4 is 10.9 Å². The number of aromatic nitrogens is 2. The molecule has 0 saturated heterocycles. The summed E-state index contributed by atoms with van der Waals surface area (Å²) in [4.78, 5) is 43.6. The van der Waals surface area contributed by atoms with Crippen molar-refractivity contribution in [3.63, 3.8) is 0 Å². The summed E-state index contributed by atoms with van der Waals surface area (Å²) in [5.41, 5.74) is 2.92. The van der Waals surface area contributed by atoms with Crippen LogP contribution in [0.2, 0.25) is 0 Å². The van der Waals surface area contributed by atoms with Gasteiger partial charge in [0.15, 0.2) is 0 Å². The number of nitrogens with one attached hydrogen (secondary N) is 1. The Morgan fingerprint density at radius 1 is 1.15 bits per heavy atom. The van der Waals surface area contributed by atoms with Crippen molar-refractivity contribution in [3.05, 3.63) is 82.4 Å². The zero-order valence-corrected chi connectivity index (χ0v) is 19.2. The van der Waals surface area contributed by atoms with E-state index in [1.807, 2.05) is 55.4 Å². The largest absolute Gasteiger partial charge is 0.461 e. The normalized spacial score (nSPS) is 14.1. The summed E-state index contributed by atoms with van der Waals surface area (Å²) < 4.78 is 6.71. The summed E-state index contributed by atoms with van der Waals surface area (Å²) in [5.74, 6) is -0.421. The van der Waals surface area contributed by atoms with Gasteiger partial charge in [-0.05, 0) is 55.9 Å². The van der Waals surface area contributed by atoms with Gasteiger partial charge in [0.1, 0.15) is 12.4 Å². The molecule has 0 aliphatic carbocycles. The molecule has 1 aliphatic heterocycles. The van der Waals surface area contributed by atoms with Crippen LogP contribution in [0.5, 0.6) is 0 Å². The lowest BCUT2D eigenvalue weighted by atomic mass is 10.1. The zero-order valence-electron chi connectivity index (χ0n) is 19.2. The van der Waals surface area contributed by atoms with Gasteiger partial charge in [0, 0.05) is 30.9 Å². The Morgan fingerprint density at radius 2 is 1.94 bits per heavy atom. The second-order valence-corrected chi connectivity index (χ2v) is 8.25. The standard InChI is InChI=1S/C26H26N4O4/c1-29(2)14-15-34-24(32)11-10-23(31)27-20-8-9-21-22(17-20)28-25-19(12-13-30(25)26(21)33)16-18-6-4-3-5-7-18/h3-11,16-17H,12-15H2,1-2H3,(H,27,31). The second kappa shape index (κ2) is 10.3. The van der Waals surface area contributed by atoms with Crippen LogP contribution in [0, 0.1) is 0 Å². The molecule has 0 fully saturated rings. The number of carbonyl (C=O) groups is 2. The van der Waals surface area contributed by atoms with E-state index in [0.717, 1.165) is 29.7 Å². The van der Waals surface area contributed by atoms with Crippen LogP contribution >= 0.6 is 0 Å². The maximum absolute atomic E-state index is 13.0. The summed E-state index contributed by atoms with van der Waals surface area (Å²) in [6, 6.07) is 14.9. The smallest absolute Gasteiger partial charge is 0.330 e. The van der Waals surface area contributed by atoms with Gasteiger partial charge in [-0.25, -0.2) is 9.78 Å².